The van der Waals surface area contributed by atoms with Crippen LogP contribution < -0.4 is 10.5 Å². The average Bonchev–Trinajstić information content (AvgIpc) is 3.02. The zero-order valence-electron chi connectivity index (χ0n) is 14.7. The quantitative estimate of drug-likeness (QED) is 0.391. The van der Waals surface area contributed by atoms with Crippen molar-refractivity contribution in [1.82, 2.24) is 14.8 Å². The normalized spacial score (nSPS) is 10.7. The number of hydrogen-bond donors (Lipinski definition) is 1. The highest BCUT2D eigenvalue weighted by molar-refractivity contribution is 7.99. The number of ether oxygens (including phenoxy) is 1. The molecule has 1 heterocycles. The molecule has 0 aliphatic rings. The molecule has 2 aromatic carbocycles. The van der Waals surface area contributed by atoms with E-state index >= 15 is 0 Å². The predicted molar refractivity (Wildman–Crippen MR) is 104 cm³/mol. The maximum Gasteiger partial charge on any atom is 0.191 e. The number of carbonyl (C=O) groups excluding carboxylic acids is 1. The van der Waals surface area contributed by atoms with Crippen molar-refractivity contribution in [2.24, 2.45) is 7.05 Å². The van der Waals surface area contributed by atoms with E-state index in [9.17, 15) is 4.79 Å². The number of aromatic nitrogens is 3. The van der Waals surface area contributed by atoms with Gasteiger partial charge in [0.2, 0.25) is 0 Å². The second-order valence-electron chi connectivity index (χ2n) is 5.62. The lowest BCUT2D eigenvalue weighted by atomic mass is 10.1. The summed E-state index contributed by atoms with van der Waals surface area (Å²) in [6.45, 7) is 2.58. The molecule has 26 heavy (non-hydrogen) atoms. The average molecular weight is 368 g/mol. The minimum Gasteiger partial charge on any atom is -0.494 e. The number of hydrogen-bond acceptors (Lipinski definition) is 6. The predicted octanol–water partition coefficient (Wildman–Crippen LogP) is 3.44. The third-order valence-corrected chi connectivity index (χ3v) is 4.87. The van der Waals surface area contributed by atoms with Gasteiger partial charge in [-0.1, -0.05) is 23.9 Å². The molecule has 3 rings (SSSR count). The van der Waals surface area contributed by atoms with Gasteiger partial charge in [0.1, 0.15) is 5.75 Å². The van der Waals surface area contributed by atoms with Crippen LogP contribution in [0.25, 0.3) is 11.4 Å². The van der Waals surface area contributed by atoms with Crippen molar-refractivity contribution in [2.45, 2.75) is 12.1 Å². The molecule has 3 aromatic rings. The van der Waals surface area contributed by atoms with E-state index < -0.39 is 0 Å². The first-order valence-corrected chi connectivity index (χ1v) is 9.22. The fourth-order valence-electron chi connectivity index (χ4n) is 2.52. The van der Waals surface area contributed by atoms with Gasteiger partial charge in [-0.3, -0.25) is 4.79 Å². The first-order valence-electron chi connectivity index (χ1n) is 8.23. The highest BCUT2D eigenvalue weighted by Gasteiger charge is 2.15. The van der Waals surface area contributed by atoms with E-state index in [-0.39, 0.29) is 11.5 Å². The van der Waals surface area contributed by atoms with Gasteiger partial charge in [0.15, 0.2) is 16.8 Å². The number of carbonyl (C=O) groups is 1. The monoisotopic (exact) mass is 368 g/mol. The maximum absolute atomic E-state index is 12.4. The van der Waals surface area contributed by atoms with Gasteiger partial charge in [-0.25, -0.2) is 0 Å². The molecule has 0 unspecified atom stereocenters. The number of nitrogen functional groups attached to an aromatic ring is 1. The van der Waals surface area contributed by atoms with Crippen LogP contribution in [0.3, 0.4) is 0 Å². The number of thioether (sulfide) groups is 1. The van der Waals surface area contributed by atoms with Gasteiger partial charge in [0.05, 0.1) is 12.4 Å². The van der Waals surface area contributed by atoms with Crippen molar-refractivity contribution < 1.29 is 9.53 Å². The molecule has 0 atom stereocenters. The number of benzene rings is 2. The molecular weight excluding hydrogens is 348 g/mol. The Morgan fingerprint density at radius 1 is 1.15 bits per heavy atom. The molecule has 2 N–H and O–H groups in total. The van der Waals surface area contributed by atoms with E-state index in [4.69, 9.17) is 10.5 Å². The van der Waals surface area contributed by atoms with E-state index in [2.05, 4.69) is 10.2 Å². The summed E-state index contributed by atoms with van der Waals surface area (Å²) in [7, 11) is 1.88. The van der Waals surface area contributed by atoms with Crippen molar-refractivity contribution in [3.05, 3.63) is 54.1 Å². The van der Waals surface area contributed by atoms with E-state index in [0.717, 1.165) is 17.1 Å². The van der Waals surface area contributed by atoms with Crippen molar-refractivity contribution >= 4 is 23.2 Å². The first kappa shape index (κ1) is 18.0. The molecular formula is C19H20N4O2S. The summed E-state index contributed by atoms with van der Waals surface area (Å²) in [4.78, 5) is 12.4. The van der Waals surface area contributed by atoms with Crippen LogP contribution in [0.5, 0.6) is 5.75 Å². The van der Waals surface area contributed by atoms with Crippen LogP contribution in [0.15, 0.2) is 53.7 Å². The molecule has 0 saturated heterocycles. The summed E-state index contributed by atoms with van der Waals surface area (Å²) in [5.41, 5.74) is 7.83. The summed E-state index contributed by atoms with van der Waals surface area (Å²) in [5.74, 6) is 1.78. The Balaban J connectivity index is 1.71. The van der Waals surface area contributed by atoms with Crippen LogP contribution >= 0.6 is 11.8 Å². The molecule has 7 heteroatoms. The molecule has 134 valence electrons. The van der Waals surface area contributed by atoms with Crippen LogP contribution in [0.2, 0.25) is 0 Å². The second kappa shape index (κ2) is 8.05. The number of rotatable bonds is 7. The highest BCUT2D eigenvalue weighted by Crippen LogP contribution is 2.25. The van der Waals surface area contributed by atoms with E-state index in [0.29, 0.717) is 23.0 Å². The third-order valence-electron chi connectivity index (χ3n) is 3.85. The SMILES string of the molecule is CCOc1ccc(-c2nnc(SCC(=O)c3ccccc3N)n2C)cc1. The zero-order chi connectivity index (χ0) is 18.5. The molecule has 0 fully saturated rings. The number of nitrogens with zero attached hydrogens (tertiary/aromatic N) is 3. The highest BCUT2D eigenvalue weighted by atomic mass is 32.2. The van der Waals surface area contributed by atoms with Gasteiger partial charge in [-0.2, -0.15) is 0 Å². The molecule has 0 spiro atoms. The van der Waals surface area contributed by atoms with Crippen LogP contribution in [-0.4, -0.2) is 32.9 Å². The number of anilines is 1. The van der Waals surface area contributed by atoms with E-state index in [1.165, 1.54) is 11.8 Å². The lowest BCUT2D eigenvalue weighted by molar-refractivity contribution is 0.102. The van der Waals surface area contributed by atoms with Gasteiger partial charge in [0.25, 0.3) is 0 Å². The van der Waals surface area contributed by atoms with Gasteiger partial charge in [0, 0.05) is 23.9 Å². The van der Waals surface area contributed by atoms with Gasteiger partial charge < -0.3 is 15.0 Å². The van der Waals surface area contributed by atoms with Crippen LogP contribution in [0.1, 0.15) is 17.3 Å². The number of ketones is 1. The summed E-state index contributed by atoms with van der Waals surface area (Å²) in [5, 5.41) is 9.12. The molecule has 0 radical (unpaired) electrons. The molecule has 0 bridgehead atoms. The second-order valence-corrected chi connectivity index (χ2v) is 6.56. The Hall–Kier alpha value is -2.80. The van der Waals surface area contributed by atoms with Gasteiger partial charge in [-0.05, 0) is 43.3 Å². The lowest BCUT2D eigenvalue weighted by Crippen LogP contribution is -2.07. The molecule has 0 aliphatic heterocycles. The molecule has 0 saturated carbocycles. The Bertz CT molecular complexity index is 906. The topological polar surface area (TPSA) is 83.0 Å². The fraction of sp³-hybridized carbons (Fsp3) is 0.211. The minimum absolute atomic E-state index is 0.0290. The molecule has 1 aromatic heterocycles. The molecule has 0 aliphatic carbocycles. The summed E-state index contributed by atoms with van der Waals surface area (Å²) in [6.07, 6.45) is 0. The fourth-order valence-corrected chi connectivity index (χ4v) is 3.31. The van der Waals surface area contributed by atoms with Crippen molar-refractivity contribution in [1.29, 1.82) is 0 Å². The number of para-hydroxylation sites is 1. The molecule has 0 amide bonds. The van der Waals surface area contributed by atoms with Gasteiger partial charge in [-0.15, -0.1) is 10.2 Å². The van der Waals surface area contributed by atoms with Crippen molar-refractivity contribution in [2.75, 3.05) is 18.1 Å². The standard InChI is InChI=1S/C19H20N4O2S/c1-3-25-14-10-8-13(9-11-14)18-21-22-19(23(18)2)26-12-17(24)15-6-4-5-7-16(15)20/h4-11H,3,12,20H2,1-2H3. The first-order chi connectivity index (χ1) is 12.6. The third kappa shape index (κ3) is 3.88. The minimum atomic E-state index is -0.0290. The van der Waals surface area contributed by atoms with Crippen molar-refractivity contribution in [3.8, 4) is 17.1 Å². The Labute approximate surface area is 156 Å². The Morgan fingerprint density at radius 2 is 1.88 bits per heavy atom. The number of Topliss-reactive ketones (excluding diaryl/α,β-unsaturated/α-hetero) is 1. The summed E-state index contributed by atoms with van der Waals surface area (Å²) in [6, 6.07) is 14.8. The van der Waals surface area contributed by atoms with Gasteiger partial charge >= 0.3 is 0 Å². The lowest BCUT2D eigenvalue weighted by Gasteiger charge is -2.06. The smallest absolute Gasteiger partial charge is 0.191 e. The van der Waals surface area contributed by atoms with Crippen LogP contribution in [-0.2, 0) is 7.05 Å². The van der Waals surface area contributed by atoms with E-state index in [1.807, 2.05) is 48.9 Å². The zero-order valence-corrected chi connectivity index (χ0v) is 15.5. The van der Waals surface area contributed by atoms with E-state index in [1.54, 1.807) is 18.2 Å². The Morgan fingerprint density at radius 3 is 2.58 bits per heavy atom. The van der Waals surface area contributed by atoms with Crippen LogP contribution in [0.4, 0.5) is 5.69 Å². The summed E-state index contributed by atoms with van der Waals surface area (Å²) < 4.78 is 7.33. The Kier molecular flexibility index (Phi) is 5.58. The largest absolute Gasteiger partial charge is 0.494 e. The molecule has 6 nitrogen and oxygen atoms in total. The summed E-state index contributed by atoms with van der Waals surface area (Å²) >= 11 is 1.35. The maximum atomic E-state index is 12.4. The van der Waals surface area contributed by atoms with Crippen LogP contribution in [0, 0.1) is 0 Å². The van der Waals surface area contributed by atoms with Crippen molar-refractivity contribution in [3.63, 3.8) is 0 Å². The number of nitrogens with two attached hydrogens (primary N) is 1.